The van der Waals surface area contributed by atoms with Crippen LogP contribution in [-0.4, -0.2) is 37.2 Å². The number of ether oxygens (including phenoxy) is 3. The predicted octanol–water partition coefficient (Wildman–Crippen LogP) is 21.6. The van der Waals surface area contributed by atoms with Gasteiger partial charge in [-0.1, -0.05) is 326 Å². The topological polar surface area (TPSA) is 78.9 Å². The van der Waals surface area contributed by atoms with Crippen molar-refractivity contribution >= 4 is 17.9 Å². The molecule has 424 valence electrons. The van der Waals surface area contributed by atoms with Crippen LogP contribution in [0.15, 0.2) is 60.8 Å². The Morgan fingerprint density at radius 1 is 0.288 bits per heavy atom. The second-order valence-corrected chi connectivity index (χ2v) is 21.3. The van der Waals surface area contributed by atoms with E-state index >= 15 is 0 Å². The number of hydrogen-bond donors (Lipinski definition) is 0. The summed E-state index contributed by atoms with van der Waals surface area (Å²) in [4.78, 5) is 38.2. The maximum Gasteiger partial charge on any atom is 0.309 e. The van der Waals surface area contributed by atoms with E-state index in [4.69, 9.17) is 14.2 Å². The van der Waals surface area contributed by atoms with Crippen molar-refractivity contribution in [2.45, 2.75) is 335 Å². The summed E-state index contributed by atoms with van der Waals surface area (Å²) in [5.74, 6) is -1.01. The molecule has 0 saturated heterocycles. The summed E-state index contributed by atoms with van der Waals surface area (Å²) in [5, 5.41) is 0. The summed E-state index contributed by atoms with van der Waals surface area (Å²) in [6.07, 6.45) is 78.3. The SMILES string of the molecule is CC/C=C\C/C=C\C/C=C\C/C=C\C/C=C\CC(=O)OCC(COC(=O)CCCCCCCCCCCCCCCCCCCCCCCCCC)OC(=O)CCCCCCCCCCCCCCCCCC. The third-order valence-corrected chi connectivity index (χ3v) is 14.1. The van der Waals surface area contributed by atoms with Crippen molar-refractivity contribution in [2.75, 3.05) is 13.2 Å². The molecule has 1 atom stereocenters. The first-order chi connectivity index (χ1) is 36.0. The average molecular weight is 1020 g/mol. The molecule has 0 aromatic rings. The van der Waals surface area contributed by atoms with E-state index < -0.39 is 12.1 Å². The molecule has 6 heteroatoms. The Balaban J connectivity index is 4.33. The van der Waals surface area contributed by atoms with Crippen LogP contribution in [0.5, 0.6) is 0 Å². The quantitative estimate of drug-likeness (QED) is 0.0261. The van der Waals surface area contributed by atoms with Crippen molar-refractivity contribution in [1.82, 2.24) is 0 Å². The minimum absolute atomic E-state index is 0.0993. The van der Waals surface area contributed by atoms with Crippen molar-refractivity contribution in [1.29, 1.82) is 0 Å². The lowest BCUT2D eigenvalue weighted by molar-refractivity contribution is -0.166. The van der Waals surface area contributed by atoms with Crippen molar-refractivity contribution in [3.8, 4) is 0 Å². The van der Waals surface area contributed by atoms with Crippen molar-refractivity contribution in [3.05, 3.63) is 60.8 Å². The van der Waals surface area contributed by atoms with Gasteiger partial charge in [0, 0.05) is 12.8 Å². The van der Waals surface area contributed by atoms with Crippen LogP contribution < -0.4 is 0 Å². The zero-order valence-corrected chi connectivity index (χ0v) is 48.7. The standard InChI is InChI=1S/C67H120O6/c1-4-7-10-13-16-19-22-25-28-30-31-32-33-34-35-36-37-40-42-45-48-51-54-57-60-66(69)72-63-64(62-71-65(68)59-56-53-50-47-44-41-38-27-24-21-18-15-12-9-6-3)73-67(70)61-58-55-52-49-46-43-39-29-26-23-20-17-14-11-8-5-2/h9,12,18,21,27,38,44,47,53,56,64H,4-8,10-11,13-17,19-20,22-26,28-37,39-43,45-46,48-52,54-55,57-63H2,1-3H3/b12-9-,21-18-,38-27-,47-44-,56-53-. The second-order valence-electron chi connectivity index (χ2n) is 21.3. The maximum atomic E-state index is 12.9. The highest BCUT2D eigenvalue weighted by atomic mass is 16.6. The molecule has 0 aromatic heterocycles. The molecule has 0 aromatic carbocycles. The first-order valence-electron chi connectivity index (χ1n) is 31.8. The maximum absolute atomic E-state index is 12.9. The van der Waals surface area contributed by atoms with E-state index in [-0.39, 0.29) is 31.6 Å². The molecule has 0 fully saturated rings. The lowest BCUT2D eigenvalue weighted by Crippen LogP contribution is -2.30. The minimum Gasteiger partial charge on any atom is -0.462 e. The molecule has 1 unspecified atom stereocenters. The third-order valence-electron chi connectivity index (χ3n) is 14.1. The number of esters is 3. The molecule has 0 rings (SSSR count). The van der Waals surface area contributed by atoms with Crippen LogP contribution in [0.3, 0.4) is 0 Å². The number of rotatable bonds is 58. The Labute approximate surface area is 453 Å². The Kier molecular flexibility index (Phi) is 59.2. The zero-order chi connectivity index (χ0) is 52.9. The first kappa shape index (κ1) is 70.1. The molecule has 0 aliphatic rings. The second kappa shape index (κ2) is 61.7. The fourth-order valence-corrected chi connectivity index (χ4v) is 9.34. The molecule has 6 nitrogen and oxygen atoms in total. The third kappa shape index (κ3) is 59.9. The van der Waals surface area contributed by atoms with Crippen LogP contribution in [0.2, 0.25) is 0 Å². The van der Waals surface area contributed by atoms with E-state index in [1.807, 2.05) is 6.08 Å². The van der Waals surface area contributed by atoms with Crippen molar-refractivity contribution in [2.24, 2.45) is 0 Å². The molecule has 0 amide bonds. The largest absolute Gasteiger partial charge is 0.462 e. The molecule has 0 saturated carbocycles. The fraction of sp³-hybridized carbons (Fsp3) is 0.806. The minimum atomic E-state index is -0.811. The Hall–Kier alpha value is -2.89. The monoisotopic (exact) mass is 1020 g/mol. The molecule has 0 aliphatic heterocycles. The highest BCUT2D eigenvalue weighted by Crippen LogP contribution is 2.18. The van der Waals surface area contributed by atoms with Gasteiger partial charge in [-0.25, -0.2) is 0 Å². The van der Waals surface area contributed by atoms with E-state index in [2.05, 4.69) is 69.4 Å². The first-order valence-corrected chi connectivity index (χ1v) is 31.8. The molecular weight excluding hydrogens is 901 g/mol. The Morgan fingerprint density at radius 3 is 0.836 bits per heavy atom. The van der Waals surface area contributed by atoms with Gasteiger partial charge in [-0.05, 0) is 44.9 Å². The highest BCUT2D eigenvalue weighted by Gasteiger charge is 2.19. The van der Waals surface area contributed by atoms with Crippen molar-refractivity contribution < 1.29 is 28.6 Å². The molecule has 73 heavy (non-hydrogen) atoms. The summed E-state index contributed by atoms with van der Waals surface area (Å²) in [6.45, 7) is 6.49. The smallest absolute Gasteiger partial charge is 0.309 e. The van der Waals surface area contributed by atoms with E-state index in [0.29, 0.717) is 12.8 Å². The number of carbonyl (C=O) groups excluding carboxylic acids is 3. The summed E-state index contributed by atoms with van der Waals surface area (Å²) < 4.78 is 16.8. The lowest BCUT2D eigenvalue weighted by atomic mass is 10.0. The summed E-state index contributed by atoms with van der Waals surface area (Å²) in [6, 6.07) is 0. The van der Waals surface area contributed by atoms with Gasteiger partial charge in [0.15, 0.2) is 6.10 Å². The number of unbranched alkanes of at least 4 members (excludes halogenated alkanes) is 38. The van der Waals surface area contributed by atoms with E-state index in [1.54, 1.807) is 6.08 Å². The van der Waals surface area contributed by atoms with Gasteiger partial charge in [-0.2, -0.15) is 0 Å². The number of carbonyl (C=O) groups is 3. The van der Waals surface area contributed by atoms with Crippen LogP contribution in [0, 0.1) is 0 Å². The van der Waals surface area contributed by atoms with Crippen LogP contribution in [0.4, 0.5) is 0 Å². The van der Waals surface area contributed by atoms with Gasteiger partial charge in [0.25, 0.3) is 0 Å². The zero-order valence-electron chi connectivity index (χ0n) is 48.7. The number of allylic oxidation sites excluding steroid dienone is 9. The van der Waals surface area contributed by atoms with E-state index in [0.717, 1.165) is 70.6 Å². The average Bonchev–Trinajstić information content (AvgIpc) is 3.39. The van der Waals surface area contributed by atoms with Crippen LogP contribution in [0.1, 0.15) is 329 Å². The van der Waals surface area contributed by atoms with Crippen molar-refractivity contribution in [3.63, 3.8) is 0 Å². The fourth-order valence-electron chi connectivity index (χ4n) is 9.34. The molecule has 0 aliphatic carbocycles. The Morgan fingerprint density at radius 2 is 0.534 bits per heavy atom. The normalized spacial score (nSPS) is 12.4. The molecule has 0 radical (unpaired) electrons. The summed E-state index contributed by atoms with van der Waals surface area (Å²) in [7, 11) is 0. The predicted molar refractivity (Wildman–Crippen MR) is 316 cm³/mol. The Bertz CT molecular complexity index is 1310. The molecular formula is C67H120O6. The van der Waals surface area contributed by atoms with Gasteiger partial charge < -0.3 is 14.2 Å². The summed E-state index contributed by atoms with van der Waals surface area (Å²) >= 11 is 0. The molecule has 0 N–H and O–H groups in total. The van der Waals surface area contributed by atoms with Gasteiger partial charge in [-0.3, -0.25) is 14.4 Å². The van der Waals surface area contributed by atoms with E-state index in [1.165, 1.54) is 218 Å². The summed E-state index contributed by atoms with van der Waals surface area (Å²) in [5.41, 5.74) is 0. The van der Waals surface area contributed by atoms with E-state index in [9.17, 15) is 14.4 Å². The highest BCUT2D eigenvalue weighted by molar-refractivity contribution is 5.72. The van der Waals surface area contributed by atoms with Gasteiger partial charge in [-0.15, -0.1) is 0 Å². The van der Waals surface area contributed by atoms with Gasteiger partial charge in [0.2, 0.25) is 0 Å². The number of hydrogen-bond acceptors (Lipinski definition) is 6. The molecule has 0 spiro atoms. The van der Waals surface area contributed by atoms with Crippen LogP contribution in [0.25, 0.3) is 0 Å². The van der Waals surface area contributed by atoms with Gasteiger partial charge >= 0.3 is 17.9 Å². The molecule has 0 heterocycles. The van der Waals surface area contributed by atoms with Gasteiger partial charge in [0.1, 0.15) is 13.2 Å². The van der Waals surface area contributed by atoms with Gasteiger partial charge in [0.05, 0.1) is 6.42 Å². The lowest BCUT2D eigenvalue weighted by Gasteiger charge is -2.18. The molecule has 0 bridgehead atoms. The van der Waals surface area contributed by atoms with Crippen LogP contribution in [-0.2, 0) is 28.6 Å². The van der Waals surface area contributed by atoms with Crippen LogP contribution >= 0.6 is 0 Å².